The molecule has 0 unspecified atom stereocenters. The first-order valence-electron chi connectivity index (χ1n) is 0.730. The minimum atomic E-state index is -5.39. The van der Waals surface area contributed by atoms with Gasteiger partial charge < -0.3 is 31.7 Å². The molecule has 0 saturated heterocycles. The normalized spacial score (nSPS) is 8.43. The number of hydrogen-bond acceptors (Lipinski definition) is 4. The van der Waals surface area contributed by atoms with Crippen LogP contribution in [0.2, 0.25) is 0 Å². The van der Waals surface area contributed by atoms with Crippen molar-refractivity contribution in [2.45, 2.75) is 0 Å². The zero-order valence-electron chi connectivity index (χ0n) is 2.84. The second-order valence-electron chi connectivity index (χ2n) is 0.447. The molecule has 0 aliphatic rings. The second kappa shape index (κ2) is 5.06. The van der Waals surface area contributed by atoms with Crippen LogP contribution in [0.3, 0.4) is 0 Å². The average molecular weight is 185 g/mol. The van der Waals surface area contributed by atoms with Crippen molar-refractivity contribution >= 4 is 7.82 Å². The van der Waals surface area contributed by atoms with Crippen molar-refractivity contribution in [3.05, 3.63) is 0 Å². The molecule has 0 aromatic carbocycles. The van der Waals surface area contributed by atoms with Gasteiger partial charge in [-0.2, -0.15) is 7.82 Å². The van der Waals surface area contributed by atoms with Crippen molar-refractivity contribution in [1.29, 1.82) is 0 Å². The molecule has 0 N–H and O–H groups in total. The van der Waals surface area contributed by atoms with Crippen molar-refractivity contribution in [1.82, 2.24) is 0 Å². The van der Waals surface area contributed by atoms with Gasteiger partial charge in [0.15, 0.2) is 0 Å². The summed E-state index contributed by atoms with van der Waals surface area (Å²) in [6, 6.07) is 0. The molecule has 0 aliphatic carbocycles. The Morgan fingerprint density at radius 2 is 1.14 bits per heavy atom. The van der Waals surface area contributed by atoms with E-state index < -0.39 is 7.82 Å². The predicted molar refractivity (Wildman–Crippen MR) is 7.61 cm³/mol. The SMILES string of the molecule is O=P([O-])([O-])[O-].[Cl-].[Mn]. The molecule has 0 bridgehead atoms. The number of phosphoric acid groups is 1. The van der Waals surface area contributed by atoms with Gasteiger partial charge in [-0.25, -0.2) is 0 Å². The first-order chi connectivity index (χ1) is 2.00. The summed E-state index contributed by atoms with van der Waals surface area (Å²) in [6.07, 6.45) is 0. The topological polar surface area (TPSA) is 86.2 Å². The summed E-state index contributed by atoms with van der Waals surface area (Å²) in [5.41, 5.74) is 0. The molecule has 0 amide bonds. The Morgan fingerprint density at radius 3 is 1.14 bits per heavy atom. The molecule has 7 heavy (non-hydrogen) atoms. The number of rotatable bonds is 0. The van der Waals surface area contributed by atoms with E-state index in [4.69, 9.17) is 19.2 Å². The standard InChI is InChI=1S/ClH.Mn.H3O4P/c;;1-5(2,3)4/h1H;;(H3,1,2,3,4)/p-4. The van der Waals surface area contributed by atoms with Gasteiger partial charge in [0.05, 0.1) is 0 Å². The van der Waals surface area contributed by atoms with Gasteiger partial charge >= 0.3 is 0 Å². The van der Waals surface area contributed by atoms with E-state index in [-0.39, 0.29) is 29.5 Å². The van der Waals surface area contributed by atoms with Crippen molar-refractivity contribution in [3.63, 3.8) is 0 Å². The van der Waals surface area contributed by atoms with Crippen LogP contribution in [0.25, 0.3) is 0 Å². The van der Waals surface area contributed by atoms with Crippen LogP contribution in [-0.2, 0) is 21.6 Å². The van der Waals surface area contributed by atoms with Crippen molar-refractivity contribution < 1.29 is 48.7 Å². The van der Waals surface area contributed by atoms with Crippen LogP contribution in [0, 0.1) is 0 Å². The Labute approximate surface area is 57.1 Å². The smallest absolute Gasteiger partial charge is 0 e. The molecule has 0 heterocycles. The maximum atomic E-state index is 8.55. The molecule has 1 radical (unpaired) electrons. The van der Waals surface area contributed by atoms with Crippen LogP contribution in [0.1, 0.15) is 0 Å². The molecule has 0 rings (SSSR count). The molecule has 47 valence electrons. The van der Waals surface area contributed by atoms with Crippen molar-refractivity contribution in [2.75, 3.05) is 0 Å². The van der Waals surface area contributed by atoms with Crippen LogP contribution in [0.15, 0.2) is 0 Å². The average Bonchev–Trinajstić information content (AvgIpc) is 0.722. The second-order valence-corrected chi connectivity index (χ2v) is 1.34. The molecular formula is ClMnO4P-4. The maximum Gasteiger partial charge on any atom is 0 e. The summed E-state index contributed by atoms with van der Waals surface area (Å²) in [6.45, 7) is 0. The molecule has 0 atom stereocenters. The van der Waals surface area contributed by atoms with Gasteiger partial charge in [0.1, 0.15) is 0 Å². The van der Waals surface area contributed by atoms with Crippen molar-refractivity contribution in [3.8, 4) is 0 Å². The summed E-state index contributed by atoms with van der Waals surface area (Å²) >= 11 is 0. The van der Waals surface area contributed by atoms with Gasteiger partial charge in [0.2, 0.25) is 0 Å². The molecule has 0 spiro atoms. The fraction of sp³-hybridized carbons (Fsp3) is 0. The van der Waals surface area contributed by atoms with Crippen molar-refractivity contribution in [2.24, 2.45) is 0 Å². The van der Waals surface area contributed by atoms with Crippen LogP contribution in [0.4, 0.5) is 0 Å². The minimum absolute atomic E-state index is 0. The van der Waals surface area contributed by atoms with E-state index >= 15 is 0 Å². The first-order valence-corrected chi connectivity index (χ1v) is 2.19. The van der Waals surface area contributed by atoms with Gasteiger partial charge in [-0.05, 0) is 0 Å². The molecule has 0 saturated carbocycles. The van der Waals surface area contributed by atoms with E-state index in [9.17, 15) is 0 Å². The quantitative estimate of drug-likeness (QED) is 0.278. The largest absolute Gasteiger partial charge is 1.00 e. The Kier molecular flexibility index (Phi) is 11.3. The molecule has 0 aromatic heterocycles. The Morgan fingerprint density at radius 1 is 1.14 bits per heavy atom. The molecule has 0 aliphatic heterocycles. The number of hydrogen-bond donors (Lipinski definition) is 0. The van der Waals surface area contributed by atoms with Gasteiger partial charge in [-0.15, -0.1) is 0 Å². The summed E-state index contributed by atoms with van der Waals surface area (Å²) in [7, 11) is -5.39. The van der Waals surface area contributed by atoms with E-state index in [2.05, 4.69) is 0 Å². The van der Waals surface area contributed by atoms with Gasteiger partial charge in [0.25, 0.3) is 0 Å². The molecular weight excluding hydrogens is 185 g/mol. The monoisotopic (exact) mass is 185 g/mol. The molecule has 0 aromatic rings. The zero-order chi connectivity index (χ0) is 4.50. The van der Waals surface area contributed by atoms with E-state index in [1.54, 1.807) is 0 Å². The molecule has 4 nitrogen and oxygen atoms in total. The molecule has 7 heteroatoms. The van der Waals surface area contributed by atoms with E-state index in [0.29, 0.717) is 0 Å². The fourth-order valence-electron chi connectivity index (χ4n) is 0. The summed E-state index contributed by atoms with van der Waals surface area (Å²) in [4.78, 5) is 25.6. The van der Waals surface area contributed by atoms with Gasteiger partial charge in [-0.3, -0.25) is 0 Å². The van der Waals surface area contributed by atoms with Gasteiger partial charge in [0, 0.05) is 17.1 Å². The van der Waals surface area contributed by atoms with Crippen LogP contribution < -0.4 is 27.1 Å². The van der Waals surface area contributed by atoms with Crippen LogP contribution in [0.5, 0.6) is 0 Å². The molecule has 0 fully saturated rings. The fourth-order valence-corrected chi connectivity index (χ4v) is 0. The predicted octanol–water partition coefficient (Wildman–Crippen LogP) is -5.82. The van der Waals surface area contributed by atoms with E-state index in [1.165, 1.54) is 0 Å². The van der Waals surface area contributed by atoms with Crippen LogP contribution >= 0.6 is 7.82 Å². The first kappa shape index (κ1) is 15.7. The summed E-state index contributed by atoms with van der Waals surface area (Å²) in [5.74, 6) is 0. The van der Waals surface area contributed by atoms with E-state index in [1.807, 2.05) is 0 Å². The number of halogens is 1. The Hall–Kier alpha value is 0.919. The summed E-state index contributed by atoms with van der Waals surface area (Å²) < 4.78 is 8.55. The maximum absolute atomic E-state index is 8.55. The Bertz CT molecular complexity index is 57.8. The van der Waals surface area contributed by atoms with E-state index in [0.717, 1.165) is 0 Å². The van der Waals surface area contributed by atoms with Gasteiger partial charge in [-0.1, -0.05) is 0 Å². The third-order valence-corrected chi connectivity index (χ3v) is 0. The third-order valence-electron chi connectivity index (χ3n) is 0. The third kappa shape index (κ3) is 198. The summed E-state index contributed by atoms with van der Waals surface area (Å²) in [5, 5.41) is 0. The minimum Gasteiger partial charge on any atom is -1.00 e. The zero-order valence-corrected chi connectivity index (χ0v) is 5.67. The van der Waals surface area contributed by atoms with Crippen LogP contribution in [-0.4, -0.2) is 0 Å². The Balaban J connectivity index is -0.0000000800.